The number of nitrogens with one attached hydrogen (secondary N) is 1. The van der Waals surface area contributed by atoms with Crippen LogP contribution in [0.2, 0.25) is 0 Å². The Kier molecular flexibility index (Phi) is 8.59. The number of rotatable bonds is 7. The Balaban J connectivity index is 2.12. The van der Waals surface area contributed by atoms with E-state index in [-0.39, 0.29) is 12.5 Å². The van der Waals surface area contributed by atoms with E-state index in [9.17, 15) is 25.2 Å². The van der Waals surface area contributed by atoms with Crippen LogP contribution in [0.1, 0.15) is 27.2 Å². The number of aliphatic hydroxyl groups is 4. The lowest BCUT2D eigenvalue weighted by molar-refractivity contribution is -0.252. The average Bonchev–Trinajstić information content (AvgIpc) is 2.65. The lowest BCUT2D eigenvalue weighted by atomic mass is 9.91. The highest BCUT2D eigenvalue weighted by molar-refractivity contribution is 5.73. The smallest absolute Gasteiger partial charge is 0.217 e. The molecule has 0 saturated carbocycles. The molecule has 0 aliphatic carbocycles. The van der Waals surface area contributed by atoms with Crippen molar-refractivity contribution >= 4 is 5.91 Å². The van der Waals surface area contributed by atoms with Gasteiger partial charge in [-0.05, 0) is 13.3 Å². The van der Waals surface area contributed by atoms with E-state index in [0.717, 1.165) is 0 Å². The van der Waals surface area contributed by atoms with E-state index in [1.165, 1.54) is 14.0 Å². The van der Waals surface area contributed by atoms with Gasteiger partial charge in [-0.25, -0.2) is 0 Å². The molecule has 2 heterocycles. The first-order valence-electron chi connectivity index (χ1n) is 9.62. The molecule has 10 nitrogen and oxygen atoms in total. The minimum atomic E-state index is -1.24. The fourth-order valence-electron chi connectivity index (χ4n) is 3.94. The zero-order valence-electron chi connectivity index (χ0n) is 16.7. The van der Waals surface area contributed by atoms with Crippen LogP contribution in [-0.4, -0.2) is 108 Å². The minimum absolute atomic E-state index is 0.134. The molecule has 1 amide bonds. The second-order valence-electron chi connectivity index (χ2n) is 7.38. The van der Waals surface area contributed by atoms with Crippen molar-refractivity contribution in [2.45, 2.75) is 88.2 Å². The zero-order valence-corrected chi connectivity index (χ0v) is 16.7. The summed E-state index contributed by atoms with van der Waals surface area (Å²) in [5, 5.41) is 43.4. The van der Waals surface area contributed by atoms with Crippen molar-refractivity contribution in [3.63, 3.8) is 0 Å². The SMILES string of the molecule is CCC1OC(CO)C(O)C(OCC2OC(C)C(OC)C(O)C2O)C1NC(C)=O. The maximum absolute atomic E-state index is 11.6. The van der Waals surface area contributed by atoms with Gasteiger partial charge >= 0.3 is 0 Å². The largest absolute Gasteiger partial charge is 0.394 e. The minimum Gasteiger partial charge on any atom is -0.394 e. The van der Waals surface area contributed by atoms with Gasteiger partial charge in [0.25, 0.3) is 0 Å². The summed E-state index contributed by atoms with van der Waals surface area (Å²) in [6.45, 7) is 4.39. The maximum Gasteiger partial charge on any atom is 0.217 e. The lowest BCUT2D eigenvalue weighted by Crippen LogP contribution is -2.65. The molecule has 28 heavy (non-hydrogen) atoms. The van der Waals surface area contributed by atoms with Crippen molar-refractivity contribution in [1.29, 1.82) is 0 Å². The van der Waals surface area contributed by atoms with Crippen LogP contribution in [0.25, 0.3) is 0 Å². The molecule has 0 bridgehead atoms. The highest BCUT2D eigenvalue weighted by Crippen LogP contribution is 2.28. The van der Waals surface area contributed by atoms with E-state index in [0.29, 0.717) is 6.42 Å². The van der Waals surface area contributed by atoms with Gasteiger partial charge in [0.05, 0.1) is 31.5 Å². The van der Waals surface area contributed by atoms with Gasteiger partial charge < -0.3 is 44.7 Å². The summed E-state index contributed by atoms with van der Waals surface area (Å²) in [6, 6.07) is -0.643. The molecule has 2 aliphatic heterocycles. The summed E-state index contributed by atoms with van der Waals surface area (Å²) in [5.74, 6) is -0.309. The van der Waals surface area contributed by atoms with Gasteiger partial charge in [0.1, 0.15) is 42.7 Å². The van der Waals surface area contributed by atoms with Gasteiger partial charge in [-0.3, -0.25) is 4.79 Å². The fourth-order valence-corrected chi connectivity index (χ4v) is 3.94. The number of carbonyl (C=O) groups excluding carboxylic acids is 1. The van der Waals surface area contributed by atoms with Gasteiger partial charge in [-0.15, -0.1) is 0 Å². The molecule has 5 N–H and O–H groups in total. The standard InChI is InChI=1S/C18H33NO9/c1-5-10-13(19-9(3)21)18(15(23)11(6-20)28-10)26-7-12-14(22)16(24)17(25-4)8(2)27-12/h8,10-18,20,22-24H,5-7H2,1-4H3,(H,19,21). The third-order valence-corrected chi connectivity index (χ3v) is 5.42. The van der Waals surface area contributed by atoms with Crippen molar-refractivity contribution in [3.05, 3.63) is 0 Å². The Bertz CT molecular complexity index is 507. The number of hydrogen-bond donors (Lipinski definition) is 5. The van der Waals surface area contributed by atoms with Gasteiger partial charge in [0.2, 0.25) is 5.91 Å². The average molecular weight is 407 g/mol. The zero-order chi connectivity index (χ0) is 21.0. The predicted octanol–water partition coefficient (Wildman–Crippen LogP) is -2.07. The van der Waals surface area contributed by atoms with Crippen LogP contribution in [0, 0.1) is 0 Å². The van der Waals surface area contributed by atoms with Crippen LogP contribution in [0.15, 0.2) is 0 Å². The third kappa shape index (κ3) is 5.00. The number of carbonyl (C=O) groups is 1. The van der Waals surface area contributed by atoms with Crippen molar-refractivity contribution in [2.75, 3.05) is 20.3 Å². The van der Waals surface area contributed by atoms with Crippen LogP contribution in [0.3, 0.4) is 0 Å². The molecule has 164 valence electrons. The van der Waals surface area contributed by atoms with Crippen molar-refractivity contribution in [1.82, 2.24) is 5.32 Å². The van der Waals surface area contributed by atoms with E-state index in [2.05, 4.69) is 5.32 Å². The molecule has 0 spiro atoms. The first-order chi connectivity index (χ1) is 13.2. The third-order valence-electron chi connectivity index (χ3n) is 5.42. The van der Waals surface area contributed by atoms with Crippen molar-refractivity contribution in [3.8, 4) is 0 Å². The summed E-state index contributed by atoms with van der Waals surface area (Å²) in [7, 11) is 1.42. The molecule has 0 radical (unpaired) electrons. The van der Waals surface area contributed by atoms with Gasteiger partial charge in [-0.1, -0.05) is 6.92 Å². The number of ether oxygens (including phenoxy) is 4. The van der Waals surface area contributed by atoms with E-state index in [1.807, 2.05) is 6.92 Å². The van der Waals surface area contributed by atoms with E-state index in [4.69, 9.17) is 18.9 Å². The Morgan fingerprint density at radius 3 is 2.25 bits per heavy atom. The van der Waals surface area contributed by atoms with Crippen LogP contribution in [-0.2, 0) is 23.7 Å². The first kappa shape index (κ1) is 23.4. The summed E-state index contributed by atoms with van der Waals surface area (Å²) < 4.78 is 22.4. The predicted molar refractivity (Wildman–Crippen MR) is 96.5 cm³/mol. The Labute approximate surface area is 164 Å². The molecule has 0 aromatic carbocycles. The Hall–Kier alpha value is -0.850. The molecule has 2 fully saturated rings. The van der Waals surface area contributed by atoms with E-state index in [1.54, 1.807) is 6.92 Å². The normalized spacial score (nSPS) is 44.3. The second kappa shape index (κ2) is 10.3. The van der Waals surface area contributed by atoms with Gasteiger partial charge in [0.15, 0.2) is 0 Å². The molecule has 10 heteroatoms. The number of aliphatic hydroxyl groups excluding tert-OH is 4. The maximum atomic E-state index is 11.6. The van der Waals surface area contributed by atoms with Crippen LogP contribution >= 0.6 is 0 Å². The lowest BCUT2D eigenvalue weighted by Gasteiger charge is -2.46. The fraction of sp³-hybridized carbons (Fsp3) is 0.944. The molecule has 2 saturated heterocycles. The van der Waals surface area contributed by atoms with Gasteiger partial charge in [0, 0.05) is 14.0 Å². The summed E-state index contributed by atoms with van der Waals surface area (Å²) in [4.78, 5) is 11.6. The number of methoxy groups -OCH3 is 1. The van der Waals surface area contributed by atoms with E-state index >= 15 is 0 Å². The summed E-state index contributed by atoms with van der Waals surface area (Å²) >= 11 is 0. The molecule has 2 rings (SSSR count). The molecule has 10 unspecified atom stereocenters. The molecule has 2 aliphatic rings. The van der Waals surface area contributed by atoms with Crippen molar-refractivity contribution < 1.29 is 44.2 Å². The van der Waals surface area contributed by atoms with Crippen molar-refractivity contribution in [2.24, 2.45) is 0 Å². The second-order valence-corrected chi connectivity index (χ2v) is 7.38. The van der Waals surface area contributed by atoms with Crippen LogP contribution in [0.5, 0.6) is 0 Å². The summed E-state index contributed by atoms with van der Waals surface area (Å²) in [5.41, 5.74) is 0. The Morgan fingerprint density at radius 1 is 1.04 bits per heavy atom. The molecule has 0 aromatic heterocycles. The number of hydrogen-bond acceptors (Lipinski definition) is 9. The van der Waals surface area contributed by atoms with Crippen LogP contribution in [0.4, 0.5) is 0 Å². The van der Waals surface area contributed by atoms with Crippen LogP contribution < -0.4 is 5.32 Å². The molecular weight excluding hydrogens is 374 g/mol. The monoisotopic (exact) mass is 407 g/mol. The Morgan fingerprint density at radius 2 is 1.71 bits per heavy atom. The molecule has 10 atom stereocenters. The topological polar surface area (TPSA) is 147 Å². The first-order valence-corrected chi connectivity index (χ1v) is 9.62. The molecular formula is C18H33NO9. The highest BCUT2D eigenvalue weighted by atomic mass is 16.6. The molecule has 0 aromatic rings. The van der Waals surface area contributed by atoms with Gasteiger partial charge in [-0.2, -0.15) is 0 Å². The quantitative estimate of drug-likeness (QED) is 0.321. The highest BCUT2D eigenvalue weighted by Gasteiger charge is 2.47. The summed E-state index contributed by atoms with van der Waals surface area (Å²) in [6.07, 6.45) is -7.27. The number of amides is 1. The van der Waals surface area contributed by atoms with E-state index < -0.39 is 67.6 Å².